The molecular formula is C29H29N2O7-. The van der Waals surface area contributed by atoms with Crippen LogP contribution in [0.15, 0.2) is 56.1 Å². The van der Waals surface area contributed by atoms with Crippen LogP contribution in [0.5, 0.6) is 0 Å². The van der Waals surface area contributed by atoms with E-state index in [9.17, 15) is 24.3 Å². The molecule has 0 aliphatic carbocycles. The van der Waals surface area contributed by atoms with E-state index < -0.39 is 36.0 Å². The minimum Gasteiger partial charge on any atom is -0.548 e. The standard InChI is InChI=1S/C29H30N2O7/c1-5-15(2)27(28(34)35)31-25(33)14-30-24(32)12-20-16(3)19-11-21-23(13-22(19)38-29(20)36)37-17(4)26(21)18-9-7-6-8-10-18/h6-11,13,15,27H,5,12,14H2,1-4H3,(H,30,32)(H,31,33)(H,34,35)/p-1/t15-,27+/m1/s1. The average Bonchev–Trinajstić information content (AvgIpc) is 3.21. The highest BCUT2D eigenvalue weighted by Gasteiger charge is 2.21. The second-order valence-corrected chi connectivity index (χ2v) is 9.44. The minimum atomic E-state index is -1.39. The summed E-state index contributed by atoms with van der Waals surface area (Å²) in [5, 5.41) is 17.6. The fraction of sp³-hybridized carbons (Fsp3) is 0.310. The SMILES string of the molecule is CC[C@@H](C)[C@H](NC(=O)CNC(=O)Cc1c(C)c2cc3c(-c4ccccc4)c(C)oc3cc2oc1=O)C(=O)[O-]. The number of hydrogen-bond acceptors (Lipinski definition) is 7. The summed E-state index contributed by atoms with van der Waals surface area (Å²) in [6, 6.07) is 12.2. The van der Waals surface area contributed by atoms with Gasteiger partial charge >= 0.3 is 5.63 Å². The van der Waals surface area contributed by atoms with Gasteiger partial charge in [0.15, 0.2) is 0 Å². The summed E-state index contributed by atoms with van der Waals surface area (Å²) in [5.41, 5.74) is 2.95. The van der Waals surface area contributed by atoms with Crippen molar-refractivity contribution in [2.24, 2.45) is 5.92 Å². The number of hydrogen-bond donors (Lipinski definition) is 2. The Balaban J connectivity index is 1.57. The van der Waals surface area contributed by atoms with Crippen LogP contribution in [0.25, 0.3) is 33.1 Å². The van der Waals surface area contributed by atoms with Crippen LogP contribution in [-0.4, -0.2) is 30.4 Å². The molecule has 0 unspecified atom stereocenters. The van der Waals surface area contributed by atoms with Gasteiger partial charge in [-0.2, -0.15) is 0 Å². The van der Waals surface area contributed by atoms with Gasteiger partial charge in [0.2, 0.25) is 11.8 Å². The molecule has 4 rings (SSSR count). The van der Waals surface area contributed by atoms with Crippen molar-refractivity contribution >= 4 is 39.7 Å². The number of carbonyl (C=O) groups excluding carboxylic acids is 3. The summed E-state index contributed by atoms with van der Waals surface area (Å²) >= 11 is 0. The third-order valence-electron chi connectivity index (χ3n) is 6.90. The number of rotatable bonds is 9. The summed E-state index contributed by atoms with van der Waals surface area (Å²) in [4.78, 5) is 48.9. The summed E-state index contributed by atoms with van der Waals surface area (Å²) in [6.07, 6.45) is 0.223. The van der Waals surface area contributed by atoms with Gasteiger partial charge in [-0.3, -0.25) is 9.59 Å². The molecule has 9 heteroatoms. The lowest BCUT2D eigenvalue weighted by Gasteiger charge is -2.25. The Morgan fingerprint density at radius 2 is 1.66 bits per heavy atom. The van der Waals surface area contributed by atoms with E-state index in [1.807, 2.05) is 43.3 Å². The molecule has 9 nitrogen and oxygen atoms in total. The van der Waals surface area contributed by atoms with Gasteiger partial charge in [-0.15, -0.1) is 0 Å². The number of aryl methyl sites for hydroxylation is 2. The van der Waals surface area contributed by atoms with Crippen LogP contribution in [0.3, 0.4) is 0 Å². The molecule has 0 aliphatic heterocycles. The first-order valence-corrected chi connectivity index (χ1v) is 12.4. The predicted octanol–water partition coefficient (Wildman–Crippen LogP) is 2.76. The van der Waals surface area contributed by atoms with Gasteiger partial charge in [0, 0.05) is 22.4 Å². The van der Waals surface area contributed by atoms with Crippen molar-refractivity contribution in [1.82, 2.24) is 10.6 Å². The second kappa shape index (κ2) is 10.9. The highest BCUT2D eigenvalue weighted by Crippen LogP contribution is 2.37. The first-order chi connectivity index (χ1) is 18.1. The van der Waals surface area contributed by atoms with E-state index >= 15 is 0 Å². The fourth-order valence-corrected chi connectivity index (χ4v) is 4.57. The van der Waals surface area contributed by atoms with E-state index in [2.05, 4.69) is 10.6 Å². The summed E-state index contributed by atoms with van der Waals surface area (Å²) in [5.74, 6) is -2.23. The highest BCUT2D eigenvalue weighted by molar-refractivity contribution is 6.03. The number of furan rings is 1. The van der Waals surface area contributed by atoms with Crippen molar-refractivity contribution in [3.63, 3.8) is 0 Å². The van der Waals surface area contributed by atoms with Gasteiger partial charge in [-0.25, -0.2) is 4.79 Å². The number of carboxylic acid groups (broad SMARTS) is 1. The number of nitrogens with one attached hydrogen (secondary N) is 2. The van der Waals surface area contributed by atoms with Gasteiger partial charge < -0.3 is 29.4 Å². The minimum absolute atomic E-state index is 0.170. The molecule has 2 atom stereocenters. The molecule has 2 amide bonds. The van der Waals surface area contributed by atoms with Crippen molar-refractivity contribution in [1.29, 1.82) is 0 Å². The van der Waals surface area contributed by atoms with Crippen LogP contribution in [0.1, 0.15) is 37.2 Å². The molecule has 2 aromatic heterocycles. The average molecular weight is 518 g/mol. The van der Waals surface area contributed by atoms with Gasteiger partial charge in [0.1, 0.15) is 16.9 Å². The highest BCUT2D eigenvalue weighted by atomic mass is 16.4. The molecule has 198 valence electrons. The first kappa shape index (κ1) is 26.7. The number of fused-ring (bicyclic) bond motifs is 2. The molecule has 38 heavy (non-hydrogen) atoms. The molecule has 0 saturated carbocycles. The second-order valence-electron chi connectivity index (χ2n) is 9.44. The number of aliphatic carboxylic acids is 1. The van der Waals surface area contributed by atoms with Crippen molar-refractivity contribution < 1.29 is 28.3 Å². The summed E-state index contributed by atoms with van der Waals surface area (Å²) in [6.45, 7) is 6.66. The van der Waals surface area contributed by atoms with Crippen LogP contribution in [0, 0.1) is 19.8 Å². The Kier molecular flexibility index (Phi) is 7.66. The molecule has 0 fully saturated rings. The Hall–Kier alpha value is -4.40. The monoisotopic (exact) mass is 517 g/mol. The van der Waals surface area contributed by atoms with E-state index in [0.717, 1.165) is 22.3 Å². The lowest BCUT2D eigenvalue weighted by Crippen LogP contribution is -2.53. The smallest absolute Gasteiger partial charge is 0.340 e. The topological polar surface area (TPSA) is 142 Å². The molecular weight excluding hydrogens is 488 g/mol. The summed E-state index contributed by atoms with van der Waals surface area (Å²) in [7, 11) is 0. The predicted molar refractivity (Wildman–Crippen MR) is 140 cm³/mol. The maximum absolute atomic E-state index is 12.8. The number of carboxylic acids is 1. The zero-order valence-corrected chi connectivity index (χ0v) is 21.7. The number of benzene rings is 2. The molecule has 0 radical (unpaired) electrons. The fourth-order valence-electron chi connectivity index (χ4n) is 4.57. The quantitative estimate of drug-likeness (QED) is 0.325. The van der Waals surface area contributed by atoms with Gasteiger partial charge in [-0.1, -0.05) is 50.6 Å². The van der Waals surface area contributed by atoms with E-state index in [1.54, 1.807) is 26.8 Å². The molecule has 2 N–H and O–H groups in total. The first-order valence-electron chi connectivity index (χ1n) is 12.4. The van der Waals surface area contributed by atoms with Crippen LogP contribution in [0.2, 0.25) is 0 Å². The zero-order chi connectivity index (χ0) is 27.6. The van der Waals surface area contributed by atoms with Crippen LogP contribution < -0.4 is 21.4 Å². The van der Waals surface area contributed by atoms with Crippen LogP contribution >= 0.6 is 0 Å². The molecule has 2 heterocycles. The largest absolute Gasteiger partial charge is 0.548 e. The maximum Gasteiger partial charge on any atom is 0.340 e. The third-order valence-corrected chi connectivity index (χ3v) is 6.90. The Bertz CT molecular complexity index is 1580. The van der Waals surface area contributed by atoms with E-state index in [1.165, 1.54) is 0 Å². The lowest BCUT2D eigenvalue weighted by molar-refractivity contribution is -0.309. The van der Waals surface area contributed by atoms with Crippen molar-refractivity contribution in [2.75, 3.05) is 6.54 Å². The number of carbonyl (C=O) groups is 3. The Labute approximate surface area is 218 Å². The van der Waals surface area contributed by atoms with E-state index in [0.29, 0.717) is 28.5 Å². The maximum atomic E-state index is 12.8. The van der Waals surface area contributed by atoms with E-state index in [4.69, 9.17) is 8.83 Å². The zero-order valence-electron chi connectivity index (χ0n) is 21.7. The molecule has 0 saturated heterocycles. The van der Waals surface area contributed by atoms with E-state index in [-0.39, 0.29) is 17.9 Å². The van der Waals surface area contributed by atoms with Crippen molar-refractivity contribution in [2.45, 2.75) is 46.6 Å². The molecule has 0 aliphatic rings. The molecule has 0 spiro atoms. The number of amides is 2. The normalized spacial score (nSPS) is 12.8. The Morgan fingerprint density at radius 1 is 0.974 bits per heavy atom. The summed E-state index contributed by atoms with van der Waals surface area (Å²) < 4.78 is 11.5. The van der Waals surface area contributed by atoms with Gasteiger partial charge in [0.25, 0.3) is 0 Å². The van der Waals surface area contributed by atoms with Crippen molar-refractivity contribution in [3.05, 3.63) is 69.8 Å². The van der Waals surface area contributed by atoms with Gasteiger partial charge in [0.05, 0.1) is 30.5 Å². The van der Waals surface area contributed by atoms with Crippen LogP contribution in [0.4, 0.5) is 0 Å². The molecule has 2 aromatic carbocycles. The van der Waals surface area contributed by atoms with Crippen LogP contribution in [-0.2, 0) is 20.8 Å². The van der Waals surface area contributed by atoms with Gasteiger partial charge in [-0.05, 0) is 37.0 Å². The molecule has 4 aromatic rings. The van der Waals surface area contributed by atoms with Crippen molar-refractivity contribution in [3.8, 4) is 11.1 Å². The molecule has 0 bridgehead atoms. The lowest BCUT2D eigenvalue weighted by atomic mass is 9.98. The third kappa shape index (κ3) is 5.32. The Morgan fingerprint density at radius 3 is 2.32 bits per heavy atom.